The zero-order valence-electron chi connectivity index (χ0n) is 9.93. The van der Waals surface area contributed by atoms with E-state index in [1.807, 2.05) is 0 Å². The molecule has 0 radical (unpaired) electrons. The lowest BCUT2D eigenvalue weighted by Gasteiger charge is -2.25. The molecule has 80 valence electrons. The molecule has 0 aliphatic rings. The van der Waals surface area contributed by atoms with Crippen LogP contribution in [-0.2, 0) is 0 Å². The SMILES string of the molecule is CCC(C)C([SiH3])NCN(CC)CC. The van der Waals surface area contributed by atoms with Crippen molar-refractivity contribution in [1.82, 2.24) is 10.2 Å². The van der Waals surface area contributed by atoms with Crippen molar-refractivity contribution >= 4 is 10.2 Å². The van der Waals surface area contributed by atoms with Gasteiger partial charge in [0.1, 0.15) is 0 Å². The zero-order chi connectivity index (χ0) is 10.3. The van der Waals surface area contributed by atoms with E-state index >= 15 is 0 Å². The molecule has 0 saturated heterocycles. The van der Waals surface area contributed by atoms with E-state index < -0.39 is 0 Å². The van der Waals surface area contributed by atoms with E-state index in [9.17, 15) is 0 Å². The highest BCUT2D eigenvalue weighted by molar-refractivity contribution is 6.11. The van der Waals surface area contributed by atoms with Crippen LogP contribution in [0.25, 0.3) is 0 Å². The summed E-state index contributed by atoms with van der Waals surface area (Å²) >= 11 is 0. The van der Waals surface area contributed by atoms with Gasteiger partial charge in [-0.2, -0.15) is 0 Å². The van der Waals surface area contributed by atoms with E-state index in [1.165, 1.54) is 16.7 Å². The van der Waals surface area contributed by atoms with Crippen molar-refractivity contribution in [2.45, 2.75) is 39.8 Å². The van der Waals surface area contributed by atoms with Gasteiger partial charge in [-0.1, -0.05) is 34.1 Å². The predicted molar refractivity (Wildman–Crippen MR) is 64.1 cm³/mol. The minimum absolute atomic E-state index is 0.769. The minimum Gasteiger partial charge on any atom is -0.305 e. The lowest BCUT2D eigenvalue weighted by molar-refractivity contribution is 0.262. The molecule has 3 heteroatoms. The zero-order valence-corrected chi connectivity index (χ0v) is 11.9. The Morgan fingerprint density at radius 3 is 2.15 bits per heavy atom. The third-order valence-electron chi connectivity index (χ3n) is 3.03. The normalized spacial score (nSPS) is 16.4. The van der Waals surface area contributed by atoms with Gasteiger partial charge >= 0.3 is 0 Å². The molecule has 2 unspecified atom stereocenters. The quantitative estimate of drug-likeness (QED) is 0.481. The Morgan fingerprint density at radius 1 is 1.23 bits per heavy atom. The van der Waals surface area contributed by atoms with Crippen molar-refractivity contribution < 1.29 is 0 Å². The Bertz CT molecular complexity index is 115. The van der Waals surface area contributed by atoms with Crippen LogP contribution in [0.2, 0.25) is 0 Å². The van der Waals surface area contributed by atoms with Crippen LogP contribution in [-0.4, -0.2) is 40.6 Å². The second kappa shape index (κ2) is 7.53. The van der Waals surface area contributed by atoms with Crippen LogP contribution < -0.4 is 5.32 Å². The van der Waals surface area contributed by atoms with Crippen LogP contribution in [0.3, 0.4) is 0 Å². The van der Waals surface area contributed by atoms with Crippen molar-refractivity contribution in [3.8, 4) is 0 Å². The van der Waals surface area contributed by atoms with Gasteiger partial charge in [0.25, 0.3) is 0 Å². The second-order valence-electron chi connectivity index (χ2n) is 3.84. The van der Waals surface area contributed by atoms with Crippen LogP contribution in [0.4, 0.5) is 0 Å². The van der Waals surface area contributed by atoms with Crippen LogP contribution in [0, 0.1) is 5.92 Å². The van der Waals surface area contributed by atoms with Gasteiger partial charge in [-0.3, -0.25) is 4.90 Å². The first-order valence-electron chi connectivity index (χ1n) is 5.61. The second-order valence-corrected chi connectivity index (χ2v) is 5.08. The highest BCUT2D eigenvalue weighted by Gasteiger charge is 2.09. The lowest BCUT2D eigenvalue weighted by atomic mass is 10.1. The standard InChI is InChI=1S/C10H26N2Si/c1-5-9(4)10(13)11-8-12(6-2)7-3/h9-11H,5-8H2,1-4,13H3. The first-order chi connectivity index (χ1) is 6.15. The summed E-state index contributed by atoms with van der Waals surface area (Å²) in [6, 6.07) is 0. The van der Waals surface area contributed by atoms with Gasteiger partial charge in [-0.25, -0.2) is 0 Å². The largest absolute Gasteiger partial charge is 0.305 e. The molecule has 2 nitrogen and oxygen atoms in total. The number of rotatable bonds is 7. The molecule has 0 aromatic carbocycles. The van der Waals surface area contributed by atoms with E-state index in [-0.39, 0.29) is 0 Å². The maximum absolute atomic E-state index is 3.62. The summed E-state index contributed by atoms with van der Waals surface area (Å²) < 4.78 is 0. The number of hydrogen-bond acceptors (Lipinski definition) is 2. The molecule has 0 saturated carbocycles. The summed E-state index contributed by atoms with van der Waals surface area (Å²) in [5.41, 5.74) is 0.769. The van der Waals surface area contributed by atoms with Gasteiger partial charge in [-0.15, -0.1) is 0 Å². The molecule has 0 aromatic rings. The Hall–Kier alpha value is 0.137. The van der Waals surface area contributed by atoms with E-state index in [4.69, 9.17) is 0 Å². The van der Waals surface area contributed by atoms with Crippen molar-refractivity contribution in [3.05, 3.63) is 0 Å². The molecule has 0 heterocycles. The molecule has 0 aromatic heterocycles. The Kier molecular flexibility index (Phi) is 7.61. The summed E-state index contributed by atoms with van der Waals surface area (Å²) in [6.07, 6.45) is 1.29. The van der Waals surface area contributed by atoms with Gasteiger partial charge in [-0.05, 0) is 24.7 Å². The molecule has 13 heavy (non-hydrogen) atoms. The Morgan fingerprint density at radius 2 is 1.77 bits per heavy atom. The molecule has 2 atom stereocenters. The highest BCUT2D eigenvalue weighted by atomic mass is 28.1. The average Bonchev–Trinajstić information content (AvgIpc) is 2.17. The minimum atomic E-state index is 0.769. The third-order valence-corrected chi connectivity index (χ3v) is 4.58. The highest BCUT2D eigenvalue weighted by Crippen LogP contribution is 2.03. The van der Waals surface area contributed by atoms with Crippen molar-refractivity contribution in [3.63, 3.8) is 0 Å². The van der Waals surface area contributed by atoms with Crippen molar-refractivity contribution in [1.29, 1.82) is 0 Å². The summed E-state index contributed by atoms with van der Waals surface area (Å²) in [7, 11) is 1.26. The fraction of sp³-hybridized carbons (Fsp3) is 1.00. The van der Waals surface area contributed by atoms with Crippen LogP contribution in [0.15, 0.2) is 0 Å². The first kappa shape index (κ1) is 13.1. The van der Waals surface area contributed by atoms with E-state index in [1.54, 1.807) is 0 Å². The Balaban J connectivity index is 3.61. The molecule has 0 spiro atoms. The maximum Gasteiger partial charge on any atom is 0.0479 e. The molecule has 0 amide bonds. The maximum atomic E-state index is 3.62. The van der Waals surface area contributed by atoms with Crippen LogP contribution in [0.1, 0.15) is 34.1 Å². The van der Waals surface area contributed by atoms with Crippen LogP contribution in [0.5, 0.6) is 0 Å². The average molecular weight is 202 g/mol. The molecule has 0 bridgehead atoms. The molecular weight excluding hydrogens is 176 g/mol. The monoisotopic (exact) mass is 202 g/mol. The van der Waals surface area contributed by atoms with Crippen LogP contribution >= 0.6 is 0 Å². The number of hydrogen-bond donors (Lipinski definition) is 1. The van der Waals surface area contributed by atoms with E-state index in [0.717, 1.165) is 31.3 Å². The number of nitrogens with zero attached hydrogens (tertiary/aromatic N) is 1. The molecule has 0 aliphatic heterocycles. The smallest absolute Gasteiger partial charge is 0.0479 e. The van der Waals surface area contributed by atoms with Crippen molar-refractivity contribution in [2.75, 3.05) is 19.8 Å². The van der Waals surface area contributed by atoms with E-state index in [2.05, 4.69) is 37.9 Å². The van der Waals surface area contributed by atoms with E-state index in [0.29, 0.717) is 0 Å². The van der Waals surface area contributed by atoms with Gasteiger partial charge in [0, 0.05) is 16.9 Å². The van der Waals surface area contributed by atoms with Gasteiger partial charge < -0.3 is 5.32 Å². The molecular formula is C10H26N2Si. The third kappa shape index (κ3) is 5.44. The predicted octanol–water partition coefficient (Wildman–Crippen LogP) is 0.613. The fourth-order valence-corrected chi connectivity index (χ4v) is 1.93. The molecule has 0 aliphatic carbocycles. The van der Waals surface area contributed by atoms with Gasteiger partial charge in [0.15, 0.2) is 0 Å². The fourth-order valence-electron chi connectivity index (χ4n) is 1.28. The first-order valence-corrected chi connectivity index (χ1v) is 6.76. The Labute approximate surface area is 86.5 Å². The molecule has 1 N–H and O–H groups in total. The molecule has 0 rings (SSSR count). The summed E-state index contributed by atoms with van der Waals surface area (Å²) in [5.74, 6) is 0.835. The van der Waals surface area contributed by atoms with Gasteiger partial charge in [0.05, 0.1) is 0 Å². The lowest BCUT2D eigenvalue weighted by Crippen LogP contribution is -2.43. The number of nitrogens with one attached hydrogen (secondary N) is 1. The summed E-state index contributed by atoms with van der Waals surface area (Å²) in [4.78, 5) is 2.42. The van der Waals surface area contributed by atoms with Gasteiger partial charge in [0.2, 0.25) is 0 Å². The summed E-state index contributed by atoms with van der Waals surface area (Å²) in [6.45, 7) is 12.4. The van der Waals surface area contributed by atoms with Crippen molar-refractivity contribution in [2.24, 2.45) is 5.92 Å². The summed E-state index contributed by atoms with van der Waals surface area (Å²) in [5, 5.41) is 3.62. The molecule has 0 fully saturated rings. The topological polar surface area (TPSA) is 15.3 Å².